The Kier molecular flexibility index (Phi) is 8.01. The fourth-order valence-electron chi connectivity index (χ4n) is 3.68. The highest BCUT2D eigenvalue weighted by Gasteiger charge is 2.29. The first-order chi connectivity index (χ1) is 16.7. The molecule has 37 heavy (non-hydrogen) atoms. The molecule has 3 aromatic rings. The Morgan fingerprint density at radius 2 is 1.08 bits per heavy atom. The summed E-state index contributed by atoms with van der Waals surface area (Å²) < 4.78 is 31.7. The summed E-state index contributed by atoms with van der Waals surface area (Å²) >= 11 is 0. The van der Waals surface area contributed by atoms with Crippen LogP contribution in [0.3, 0.4) is 0 Å². The van der Waals surface area contributed by atoms with E-state index in [1.54, 1.807) is 6.07 Å². The summed E-state index contributed by atoms with van der Waals surface area (Å²) in [5, 5.41) is 0.390. The quantitative estimate of drug-likeness (QED) is 0.239. The first-order valence-electron chi connectivity index (χ1n) is 12.7. The van der Waals surface area contributed by atoms with Crippen molar-refractivity contribution in [3.05, 3.63) is 46.6 Å². The molecule has 0 amide bonds. The molecule has 2 aromatic carbocycles. The van der Waals surface area contributed by atoms with Gasteiger partial charge < -0.3 is 22.1 Å². The minimum Gasteiger partial charge on any atom is -0.544 e. The number of benzene rings is 2. The van der Waals surface area contributed by atoms with E-state index in [4.69, 9.17) is 22.1 Å². The van der Waals surface area contributed by atoms with Gasteiger partial charge in [0.1, 0.15) is 28.2 Å². The molecule has 1 heterocycles. The zero-order chi connectivity index (χ0) is 28.0. The highest BCUT2D eigenvalue weighted by molar-refractivity contribution is 6.71. The van der Waals surface area contributed by atoms with Crippen LogP contribution in [-0.4, -0.2) is 33.3 Å². The molecular weight excluding hydrogens is 533 g/mol. The maximum atomic E-state index is 14.1. The number of rotatable bonds is 9. The summed E-state index contributed by atoms with van der Waals surface area (Å²) in [5.74, 6) is 2.57. The highest BCUT2D eigenvalue weighted by atomic mass is 28.4. The molecule has 0 bridgehead atoms. The van der Waals surface area contributed by atoms with Crippen molar-refractivity contribution >= 4 is 44.2 Å². The third-order valence-corrected chi connectivity index (χ3v) is 8.02. The maximum Gasteiger partial charge on any atom is 0.242 e. The van der Waals surface area contributed by atoms with Gasteiger partial charge in [0.15, 0.2) is 11.5 Å². The normalized spacial score (nSPS) is 13.0. The van der Waals surface area contributed by atoms with Crippen LogP contribution in [0.2, 0.25) is 78.6 Å². The van der Waals surface area contributed by atoms with E-state index in [2.05, 4.69) is 78.6 Å². The van der Waals surface area contributed by atoms with Crippen molar-refractivity contribution in [2.75, 3.05) is 0 Å². The lowest BCUT2D eigenvalue weighted by molar-refractivity contribution is 0.506. The zero-order valence-corrected chi connectivity index (χ0v) is 28.4. The molecule has 0 atom stereocenters. The second-order valence-electron chi connectivity index (χ2n) is 13.3. The average molecular weight is 575 g/mol. The smallest absolute Gasteiger partial charge is 0.242 e. The molecule has 0 aliphatic carbocycles. The van der Waals surface area contributed by atoms with Crippen LogP contribution in [-0.2, 0) is 0 Å². The SMILES string of the molecule is C[Si](C)(C)Oc1ccc(-c2oc3cc(O[Si](C)(C)C)cc(O[Si](C)(C)C)c3c(=O)c2O[Si](C)(C)C)cc1. The maximum absolute atomic E-state index is 14.1. The van der Waals surface area contributed by atoms with E-state index < -0.39 is 33.3 Å². The Morgan fingerprint density at radius 1 is 0.595 bits per heavy atom. The molecule has 0 aliphatic heterocycles. The van der Waals surface area contributed by atoms with Crippen LogP contribution in [0.4, 0.5) is 0 Å². The van der Waals surface area contributed by atoms with Crippen LogP contribution < -0.4 is 23.1 Å². The van der Waals surface area contributed by atoms with Crippen molar-refractivity contribution in [3.63, 3.8) is 0 Å². The van der Waals surface area contributed by atoms with E-state index in [0.29, 0.717) is 28.2 Å². The number of hydrogen-bond acceptors (Lipinski definition) is 6. The van der Waals surface area contributed by atoms with E-state index in [1.165, 1.54) is 0 Å². The molecule has 0 fully saturated rings. The Bertz CT molecular complexity index is 1320. The van der Waals surface area contributed by atoms with Crippen molar-refractivity contribution in [1.29, 1.82) is 0 Å². The fraction of sp³-hybridized carbons (Fsp3) is 0.444. The van der Waals surface area contributed by atoms with Crippen LogP contribution >= 0.6 is 0 Å². The standard InChI is InChI=1S/C27H42O6Si4/c1-34(2,3)30-20-15-13-19(14-16-20)26-27(33-37(10,11)12)25(28)24-22(29-26)17-21(31-35(4,5)6)18-23(24)32-36(7,8)9/h13-18H,1-12H3. The molecule has 0 N–H and O–H groups in total. The van der Waals surface area contributed by atoms with Gasteiger partial charge in [-0.25, -0.2) is 0 Å². The Morgan fingerprint density at radius 3 is 1.57 bits per heavy atom. The third-order valence-electron chi connectivity index (χ3n) is 4.68. The Balaban J connectivity index is 2.31. The molecular formula is C27H42O6Si4. The fourth-order valence-corrected chi connectivity index (χ4v) is 6.97. The molecule has 202 valence electrons. The van der Waals surface area contributed by atoms with Crippen LogP contribution in [0.25, 0.3) is 22.3 Å². The van der Waals surface area contributed by atoms with Crippen molar-refractivity contribution < 1.29 is 22.1 Å². The summed E-state index contributed by atoms with van der Waals surface area (Å²) in [7, 11) is -7.89. The van der Waals surface area contributed by atoms with Gasteiger partial charge in [-0.2, -0.15) is 0 Å². The molecule has 0 saturated heterocycles. The summed E-state index contributed by atoms with van der Waals surface area (Å²) in [4.78, 5) is 14.1. The predicted octanol–water partition coefficient (Wildman–Crippen LogP) is 8.31. The highest BCUT2D eigenvalue weighted by Crippen LogP contribution is 2.39. The Labute approximate surface area is 225 Å². The molecule has 0 saturated carbocycles. The molecule has 0 aliphatic rings. The lowest BCUT2D eigenvalue weighted by atomic mass is 10.1. The molecule has 1 aromatic heterocycles. The zero-order valence-electron chi connectivity index (χ0n) is 24.4. The third kappa shape index (κ3) is 8.35. The second kappa shape index (κ2) is 10.1. The monoisotopic (exact) mass is 574 g/mol. The van der Waals surface area contributed by atoms with E-state index in [-0.39, 0.29) is 11.2 Å². The first-order valence-corrected chi connectivity index (χ1v) is 26.4. The molecule has 3 rings (SSSR count). The van der Waals surface area contributed by atoms with E-state index in [1.807, 2.05) is 30.3 Å². The van der Waals surface area contributed by atoms with E-state index in [0.717, 1.165) is 11.3 Å². The Hall–Kier alpha value is -2.28. The topological polar surface area (TPSA) is 67.1 Å². The molecule has 0 unspecified atom stereocenters. The van der Waals surface area contributed by atoms with Gasteiger partial charge in [0, 0.05) is 17.7 Å². The van der Waals surface area contributed by atoms with Crippen LogP contribution in [0.5, 0.6) is 23.0 Å². The van der Waals surface area contributed by atoms with Crippen LogP contribution in [0, 0.1) is 0 Å². The van der Waals surface area contributed by atoms with E-state index in [9.17, 15) is 4.79 Å². The molecule has 0 radical (unpaired) electrons. The summed E-state index contributed by atoms with van der Waals surface area (Å²) in [5.41, 5.74) is 0.947. The number of hydrogen-bond donors (Lipinski definition) is 0. The second-order valence-corrected chi connectivity index (χ2v) is 31.0. The van der Waals surface area contributed by atoms with Crippen LogP contribution in [0.1, 0.15) is 0 Å². The van der Waals surface area contributed by atoms with E-state index >= 15 is 0 Å². The van der Waals surface area contributed by atoms with Crippen molar-refractivity contribution in [1.82, 2.24) is 0 Å². The number of fused-ring (bicyclic) bond motifs is 1. The van der Waals surface area contributed by atoms with Gasteiger partial charge in [-0.05, 0) is 103 Å². The minimum atomic E-state index is -2.16. The summed E-state index contributed by atoms with van der Waals surface area (Å²) in [6, 6.07) is 11.3. The lowest BCUT2D eigenvalue weighted by Crippen LogP contribution is -2.33. The van der Waals surface area contributed by atoms with Gasteiger partial charge in [0.2, 0.25) is 38.7 Å². The van der Waals surface area contributed by atoms with Gasteiger partial charge >= 0.3 is 0 Å². The van der Waals surface area contributed by atoms with Gasteiger partial charge in [-0.1, -0.05) is 0 Å². The summed E-state index contributed by atoms with van der Waals surface area (Å²) in [6.07, 6.45) is 0. The molecule has 0 spiro atoms. The summed E-state index contributed by atoms with van der Waals surface area (Å²) in [6.45, 7) is 25.2. The van der Waals surface area contributed by atoms with Gasteiger partial charge in [0.25, 0.3) is 0 Å². The molecule has 10 heteroatoms. The molecule has 6 nitrogen and oxygen atoms in total. The first kappa shape index (κ1) is 29.3. The largest absolute Gasteiger partial charge is 0.544 e. The average Bonchev–Trinajstić information content (AvgIpc) is 2.65. The lowest BCUT2D eigenvalue weighted by Gasteiger charge is -2.25. The van der Waals surface area contributed by atoms with Gasteiger partial charge in [0.05, 0.1) is 0 Å². The van der Waals surface area contributed by atoms with Gasteiger partial charge in [-0.15, -0.1) is 0 Å². The van der Waals surface area contributed by atoms with Crippen molar-refractivity contribution in [2.24, 2.45) is 0 Å². The van der Waals surface area contributed by atoms with Crippen molar-refractivity contribution in [2.45, 2.75) is 78.6 Å². The van der Waals surface area contributed by atoms with Crippen molar-refractivity contribution in [3.8, 4) is 34.3 Å². The minimum absolute atomic E-state index is 0.227. The predicted molar refractivity (Wildman–Crippen MR) is 164 cm³/mol. The van der Waals surface area contributed by atoms with Gasteiger partial charge in [-0.3, -0.25) is 4.79 Å². The van der Waals surface area contributed by atoms with Crippen LogP contribution in [0.15, 0.2) is 45.6 Å².